The molecule has 8 nitrogen and oxygen atoms in total. The van der Waals surface area contributed by atoms with Gasteiger partial charge in [-0.05, 0) is 41.8 Å². The highest BCUT2D eigenvalue weighted by Gasteiger charge is 2.17. The molecule has 2 aromatic heterocycles. The third kappa shape index (κ3) is 4.80. The Balaban J connectivity index is 1.37. The molecule has 0 aliphatic carbocycles. The summed E-state index contributed by atoms with van der Waals surface area (Å²) in [5, 5.41) is 11.4. The molecule has 0 unspecified atom stereocenters. The van der Waals surface area contributed by atoms with E-state index in [1.54, 1.807) is 29.2 Å². The minimum atomic E-state index is -0.123. The van der Waals surface area contributed by atoms with Gasteiger partial charge in [-0.15, -0.1) is 0 Å². The molecule has 8 heteroatoms. The summed E-state index contributed by atoms with van der Waals surface area (Å²) in [6.07, 6.45) is 6.85. The summed E-state index contributed by atoms with van der Waals surface area (Å²) >= 11 is 0. The fraction of sp³-hybridized carbons (Fsp3) is 0.217. The molecule has 4 aromatic rings. The van der Waals surface area contributed by atoms with Gasteiger partial charge in [0.05, 0.1) is 18.3 Å². The van der Waals surface area contributed by atoms with Gasteiger partial charge < -0.3 is 10.2 Å². The maximum atomic E-state index is 12.8. The van der Waals surface area contributed by atoms with Crippen molar-refractivity contribution in [2.24, 2.45) is 0 Å². The maximum Gasteiger partial charge on any atom is 0.317 e. The SMILES string of the molecule is C[C@H](c1ccc(-n2cncn2)cc1)N(C)C(=O)NCc1ccccc1Cn1cccn1. The summed E-state index contributed by atoms with van der Waals surface area (Å²) in [4.78, 5) is 18.5. The van der Waals surface area contributed by atoms with Gasteiger partial charge in [-0.2, -0.15) is 10.2 Å². The number of aromatic nitrogens is 5. The van der Waals surface area contributed by atoms with Crippen LogP contribution in [0.5, 0.6) is 0 Å². The van der Waals surface area contributed by atoms with E-state index in [4.69, 9.17) is 0 Å². The summed E-state index contributed by atoms with van der Waals surface area (Å²) < 4.78 is 3.57. The smallest absolute Gasteiger partial charge is 0.317 e. The number of hydrogen-bond donors (Lipinski definition) is 1. The predicted octanol–water partition coefficient (Wildman–Crippen LogP) is 3.41. The molecule has 0 aliphatic heterocycles. The molecular weight excluding hydrogens is 390 g/mol. The summed E-state index contributed by atoms with van der Waals surface area (Å²) in [6.45, 7) is 3.14. The van der Waals surface area contributed by atoms with Crippen molar-refractivity contribution in [3.8, 4) is 5.69 Å². The van der Waals surface area contributed by atoms with Gasteiger partial charge in [0.1, 0.15) is 12.7 Å². The Hall–Kier alpha value is -3.94. The monoisotopic (exact) mass is 415 g/mol. The van der Waals surface area contributed by atoms with Crippen LogP contribution in [0.2, 0.25) is 0 Å². The van der Waals surface area contributed by atoms with Crippen molar-refractivity contribution >= 4 is 6.03 Å². The van der Waals surface area contributed by atoms with Crippen molar-refractivity contribution in [3.63, 3.8) is 0 Å². The van der Waals surface area contributed by atoms with Crippen LogP contribution in [-0.4, -0.2) is 42.5 Å². The van der Waals surface area contributed by atoms with E-state index in [0.29, 0.717) is 13.1 Å². The number of rotatable bonds is 7. The van der Waals surface area contributed by atoms with Gasteiger partial charge >= 0.3 is 6.03 Å². The van der Waals surface area contributed by atoms with Crippen LogP contribution < -0.4 is 5.32 Å². The topological polar surface area (TPSA) is 80.9 Å². The molecule has 31 heavy (non-hydrogen) atoms. The van der Waals surface area contributed by atoms with Crippen molar-refractivity contribution < 1.29 is 4.79 Å². The largest absolute Gasteiger partial charge is 0.334 e. The second-order valence-electron chi connectivity index (χ2n) is 7.35. The van der Waals surface area contributed by atoms with Gasteiger partial charge in [0.2, 0.25) is 0 Å². The van der Waals surface area contributed by atoms with E-state index in [9.17, 15) is 4.79 Å². The van der Waals surface area contributed by atoms with Gasteiger partial charge in [-0.25, -0.2) is 14.5 Å². The van der Waals surface area contributed by atoms with Crippen LogP contribution in [0, 0.1) is 0 Å². The van der Waals surface area contributed by atoms with E-state index < -0.39 is 0 Å². The molecule has 158 valence electrons. The quantitative estimate of drug-likeness (QED) is 0.502. The number of benzene rings is 2. The molecule has 2 amide bonds. The molecule has 0 saturated carbocycles. The first-order valence-electron chi connectivity index (χ1n) is 10.1. The highest BCUT2D eigenvalue weighted by Crippen LogP contribution is 2.20. The van der Waals surface area contributed by atoms with Crippen molar-refractivity contribution in [1.82, 2.24) is 34.8 Å². The lowest BCUT2D eigenvalue weighted by atomic mass is 10.1. The van der Waals surface area contributed by atoms with Gasteiger partial charge in [-0.1, -0.05) is 36.4 Å². The van der Waals surface area contributed by atoms with Crippen LogP contribution in [-0.2, 0) is 13.1 Å². The first kappa shape index (κ1) is 20.3. The molecular formula is C23H25N7O. The number of carbonyl (C=O) groups excluding carboxylic acids is 1. The Kier molecular flexibility index (Phi) is 6.07. The minimum absolute atomic E-state index is 0.0795. The Morgan fingerprint density at radius 2 is 1.84 bits per heavy atom. The average Bonchev–Trinajstić information content (AvgIpc) is 3.52. The summed E-state index contributed by atoms with van der Waals surface area (Å²) in [7, 11) is 1.81. The fourth-order valence-electron chi connectivity index (χ4n) is 3.39. The molecule has 0 saturated heterocycles. The molecule has 1 atom stereocenters. The first-order valence-corrected chi connectivity index (χ1v) is 10.1. The van der Waals surface area contributed by atoms with Gasteiger partial charge in [0.15, 0.2) is 0 Å². The molecule has 4 rings (SSSR count). The number of nitrogens with one attached hydrogen (secondary N) is 1. The molecule has 0 aliphatic rings. The van der Waals surface area contributed by atoms with E-state index in [1.807, 2.05) is 66.3 Å². The molecule has 1 N–H and O–H groups in total. The van der Waals surface area contributed by atoms with E-state index in [2.05, 4.69) is 26.6 Å². The zero-order valence-corrected chi connectivity index (χ0v) is 17.6. The average molecular weight is 416 g/mol. The third-order valence-corrected chi connectivity index (χ3v) is 5.40. The van der Waals surface area contributed by atoms with Crippen LogP contribution in [0.1, 0.15) is 29.7 Å². The highest BCUT2D eigenvalue weighted by atomic mass is 16.2. The molecule has 0 radical (unpaired) electrons. The van der Waals surface area contributed by atoms with Crippen molar-refractivity contribution in [2.75, 3.05) is 7.05 Å². The fourth-order valence-corrected chi connectivity index (χ4v) is 3.39. The second kappa shape index (κ2) is 9.25. The second-order valence-corrected chi connectivity index (χ2v) is 7.35. The zero-order valence-electron chi connectivity index (χ0n) is 17.6. The van der Waals surface area contributed by atoms with Crippen LogP contribution >= 0.6 is 0 Å². The number of hydrogen-bond acceptors (Lipinski definition) is 4. The minimum Gasteiger partial charge on any atom is -0.334 e. The zero-order chi connectivity index (χ0) is 21.6. The predicted molar refractivity (Wildman–Crippen MR) is 118 cm³/mol. The van der Waals surface area contributed by atoms with Crippen LogP contribution in [0.15, 0.2) is 79.6 Å². The van der Waals surface area contributed by atoms with Crippen molar-refractivity contribution in [3.05, 3.63) is 96.3 Å². The molecule has 0 spiro atoms. The Labute approximate surface area is 181 Å². The Bertz CT molecular complexity index is 1110. The van der Waals surface area contributed by atoms with E-state index in [0.717, 1.165) is 22.4 Å². The summed E-state index contributed by atoms with van der Waals surface area (Å²) in [5.74, 6) is 0. The lowest BCUT2D eigenvalue weighted by Gasteiger charge is -2.26. The van der Waals surface area contributed by atoms with E-state index in [1.165, 1.54) is 6.33 Å². The van der Waals surface area contributed by atoms with E-state index >= 15 is 0 Å². The highest BCUT2D eigenvalue weighted by molar-refractivity contribution is 5.74. The van der Waals surface area contributed by atoms with Gasteiger partial charge in [-0.3, -0.25) is 4.68 Å². The number of amides is 2. The van der Waals surface area contributed by atoms with Gasteiger partial charge in [0.25, 0.3) is 0 Å². The third-order valence-electron chi connectivity index (χ3n) is 5.40. The molecule has 2 aromatic carbocycles. The lowest BCUT2D eigenvalue weighted by Crippen LogP contribution is -2.38. The van der Waals surface area contributed by atoms with Crippen molar-refractivity contribution in [2.45, 2.75) is 26.1 Å². The summed E-state index contributed by atoms with van der Waals surface area (Å²) in [5.41, 5.74) is 4.17. The van der Waals surface area contributed by atoms with Crippen LogP contribution in [0.4, 0.5) is 4.79 Å². The molecule has 2 heterocycles. The normalized spacial score (nSPS) is 11.8. The standard InChI is InChI=1S/C23H25N7O/c1-18(19-8-10-22(11-9-19)30-17-24-16-27-30)28(2)23(31)25-14-20-6-3-4-7-21(20)15-29-13-5-12-26-29/h3-13,16-18H,14-15H2,1-2H3,(H,25,31)/t18-/m1/s1. The van der Waals surface area contributed by atoms with Crippen molar-refractivity contribution in [1.29, 1.82) is 0 Å². The number of nitrogens with zero attached hydrogens (tertiary/aromatic N) is 6. The van der Waals surface area contributed by atoms with Crippen LogP contribution in [0.3, 0.4) is 0 Å². The number of carbonyl (C=O) groups is 1. The lowest BCUT2D eigenvalue weighted by molar-refractivity contribution is 0.194. The molecule has 0 bridgehead atoms. The maximum absolute atomic E-state index is 12.8. The Morgan fingerprint density at radius 1 is 1.06 bits per heavy atom. The number of urea groups is 1. The summed E-state index contributed by atoms with van der Waals surface area (Å²) in [6, 6.07) is 17.7. The van der Waals surface area contributed by atoms with Crippen LogP contribution in [0.25, 0.3) is 5.69 Å². The van der Waals surface area contributed by atoms with Gasteiger partial charge in [0, 0.05) is 26.0 Å². The van der Waals surface area contributed by atoms with E-state index in [-0.39, 0.29) is 12.1 Å². The molecule has 0 fully saturated rings. The Morgan fingerprint density at radius 3 is 2.52 bits per heavy atom. The first-order chi connectivity index (χ1) is 15.1.